The second-order valence-corrected chi connectivity index (χ2v) is 2.08. The second kappa shape index (κ2) is 4.44. The fourth-order valence-electron chi connectivity index (χ4n) is 0.462. The molecule has 0 radical (unpaired) electrons. The number of carboxylic acids is 1. The smallest absolute Gasteiger partial charge is 0.431 e. The van der Waals surface area contributed by atoms with Gasteiger partial charge in [-0.2, -0.15) is 18.3 Å². The van der Waals surface area contributed by atoms with Gasteiger partial charge in [-0.3, -0.25) is 0 Å². The fourth-order valence-corrected chi connectivity index (χ4v) is 0.462. The van der Waals surface area contributed by atoms with Crippen LogP contribution in [0.2, 0.25) is 0 Å². The van der Waals surface area contributed by atoms with Gasteiger partial charge in [-0.05, 0) is 0 Å². The maximum absolute atomic E-state index is 11.9. The number of rotatable bonds is 3. The number of hydrogen-bond acceptors (Lipinski definition) is 4. The van der Waals surface area contributed by atoms with Gasteiger partial charge in [-0.15, -0.1) is 0 Å². The van der Waals surface area contributed by atoms with Crippen molar-refractivity contribution in [3.63, 3.8) is 0 Å². The van der Waals surface area contributed by atoms with E-state index < -0.39 is 30.3 Å². The SMILES string of the molecule is NC(=O)N/N=C(/CC(=O)[O-])C(F)(F)F. The second-order valence-electron chi connectivity index (χ2n) is 2.08. The van der Waals surface area contributed by atoms with Gasteiger partial charge in [0.15, 0.2) is 0 Å². The molecule has 0 spiro atoms. The first-order valence-corrected chi connectivity index (χ1v) is 3.12. The van der Waals surface area contributed by atoms with Crippen molar-refractivity contribution in [3.8, 4) is 0 Å². The van der Waals surface area contributed by atoms with E-state index in [1.807, 2.05) is 0 Å². The number of nitrogens with one attached hydrogen (secondary N) is 1. The van der Waals surface area contributed by atoms with E-state index in [2.05, 4.69) is 10.8 Å². The summed E-state index contributed by atoms with van der Waals surface area (Å²) in [6.45, 7) is 0. The molecule has 0 heterocycles. The van der Waals surface area contributed by atoms with E-state index in [9.17, 15) is 27.9 Å². The topological polar surface area (TPSA) is 108 Å². The van der Waals surface area contributed by atoms with Gasteiger partial charge in [0.2, 0.25) is 0 Å². The first kappa shape index (κ1) is 12.2. The number of carbonyl (C=O) groups excluding carboxylic acids is 2. The van der Waals surface area contributed by atoms with Crippen LogP contribution in [0.4, 0.5) is 18.0 Å². The lowest BCUT2D eigenvalue weighted by molar-refractivity contribution is -0.304. The summed E-state index contributed by atoms with van der Waals surface area (Å²) in [4.78, 5) is 19.9. The van der Waals surface area contributed by atoms with Crippen LogP contribution in [0.5, 0.6) is 0 Å². The third-order valence-electron chi connectivity index (χ3n) is 0.940. The maximum Gasteiger partial charge on any atom is 0.431 e. The Morgan fingerprint density at radius 2 is 1.93 bits per heavy atom. The zero-order chi connectivity index (χ0) is 11.4. The third-order valence-corrected chi connectivity index (χ3v) is 0.940. The molecule has 2 amide bonds. The highest BCUT2D eigenvalue weighted by atomic mass is 19.4. The highest BCUT2D eigenvalue weighted by molar-refractivity contribution is 6.01. The van der Waals surface area contributed by atoms with E-state index in [1.54, 1.807) is 0 Å². The average molecular weight is 212 g/mol. The molecule has 0 fully saturated rings. The highest BCUT2D eigenvalue weighted by Crippen LogP contribution is 2.18. The predicted molar refractivity (Wildman–Crippen MR) is 35.8 cm³/mol. The molecule has 0 unspecified atom stereocenters. The van der Waals surface area contributed by atoms with E-state index in [0.29, 0.717) is 0 Å². The number of aliphatic carboxylic acids is 1. The molecule has 0 rings (SSSR count). The largest absolute Gasteiger partial charge is 0.550 e. The molecule has 0 atom stereocenters. The van der Waals surface area contributed by atoms with Crippen molar-refractivity contribution in [2.75, 3.05) is 0 Å². The molecule has 0 aliphatic rings. The van der Waals surface area contributed by atoms with Crippen LogP contribution < -0.4 is 16.3 Å². The molecule has 80 valence electrons. The molecule has 0 aromatic carbocycles. The van der Waals surface area contributed by atoms with E-state index in [1.165, 1.54) is 5.43 Å². The van der Waals surface area contributed by atoms with Crippen LogP contribution in [0, 0.1) is 0 Å². The molecule has 0 saturated heterocycles. The number of hydrogen-bond donors (Lipinski definition) is 2. The van der Waals surface area contributed by atoms with Crippen molar-refractivity contribution in [1.29, 1.82) is 0 Å². The minimum Gasteiger partial charge on any atom is -0.550 e. The maximum atomic E-state index is 11.9. The molecule has 0 bridgehead atoms. The number of carbonyl (C=O) groups is 2. The van der Waals surface area contributed by atoms with Gasteiger partial charge in [0.05, 0.1) is 0 Å². The Morgan fingerprint density at radius 3 is 2.21 bits per heavy atom. The van der Waals surface area contributed by atoms with Crippen LogP contribution in [-0.2, 0) is 4.79 Å². The van der Waals surface area contributed by atoms with Gasteiger partial charge in [0, 0.05) is 12.4 Å². The van der Waals surface area contributed by atoms with Crippen LogP contribution in [0.15, 0.2) is 5.10 Å². The number of nitrogens with two attached hydrogens (primary N) is 1. The fraction of sp³-hybridized carbons (Fsp3) is 0.400. The zero-order valence-corrected chi connectivity index (χ0v) is 6.59. The van der Waals surface area contributed by atoms with Crippen molar-refractivity contribution in [2.24, 2.45) is 10.8 Å². The number of hydrazone groups is 1. The minimum atomic E-state index is -4.96. The van der Waals surface area contributed by atoms with Gasteiger partial charge >= 0.3 is 12.2 Å². The van der Waals surface area contributed by atoms with Gasteiger partial charge in [0.1, 0.15) is 5.71 Å². The van der Waals surface area contributed by atoms with Crippen molar-refractivity contribution in [3.05, 3.63) is 0 Å². The van der Waals surface area contributed by atoms with Crippen LogP contribution in [-0.4, -0.2) is 23.9 Å². The first-order valence-electron chi connectivity index (χ1n) is 3.12. The first-order chi connectivity index (χ1) is 6.23. The molecule has 0 aromatic heterocycles. The van der Waals surface area contributed by atoms with Crippen LogP contribution in [0.1, 0.15) is 6.42 Å². The highest BCUT2D eigenvalue weighted by Gasteiger charge is 2.35. The lowest BCUT2D eigenvalue weighted by Crippen LogP contribution is -2.35. The minimum absolute atomic E-state index is 1.27. The molecular weight excluding hydrogens is 207 g/mol. The standard InChI is InChI=1S/C5H6F3N3O3/c6-5(7,8)2(1-3(12)13)10-11-4(9)14/h1H2,(H,12,13)(H3,9,11,14)/p-1/b10-2-. The lowest BCUT2D eigenvalue weighted by Gasteiger charge is -2.10. The normalized spacial score (nSPS) is 12.4. The van der Waals surface area contributed by atoms with E-state index >= 15 is 0 Å². The molecule has 3 N–H and O–H groups in total. The third kappa shape index (κ3) is 4.95. The Balaban J connectivity index is 4.63. The van der Waals surface area contributed by atoms with E-state index in [0.717, 1.165) is 0 Å². The summed E-state index contributed by atoms with van der Waals surface area (Å²) in [6, 6.07) is -1.33. The summed E-state index contributed by atoms with van der Waals surface area (Å²) in [5.74, 6) is -1.97. The Bertz CT molecular complexity index is 273. The van der Waals surface area contributed by atoms with E-state index in [4.69, 9.17) is 0 Å². The van der Waals surface area contributed by atoms with Crippen molar-refractivity contribution < 1.29 is 27.9 Å². The van der Waals surface area contributed by atoms with Gasteiger partial charge in [-0.1, -0.05) is 0 Å². The van der Waals surface area contributed by atoms with Crippen molar-refractivity contribution >= 4 is 17.7 Å². The predicted octanol–water partition coefficient (Wildman–Crippen LogP) is -1.29. The Kier molecular flexibility index (Phi) is 3.87. The summed E-state index contributed by atoms with van der Waals surface area (Å²) in [5, 5.41) is 12.3. The quantitative estimate of drug-likeness (QED) is 0.449. The Hall–Kier alpha value is -1.80. The molecule has 14 heavy (non-hydrogen) atoms. The monoisotopic (exact) mass is 212 g/mol. The Labute approximate surface area is 75.6 Å². The van der Waals surface area contributed by atoms with Gasteiger partial charge < -0.3 is 15.6 Å². The summed E-state index contributed by atoms with van der Waals surface area (Å²) in [5.41, 5.74) is 4.00. The molecule has 0 aromatic rings. The number of carboxylic acid groups (broad SMARTS) is 1. The van der Waals surface area contributed by atoms with Gasteiger partial charge in [-0.25, -0.2) is 10.2 Å². The Morgan fingerprint density at radius 1 is 1.43 bits per heavy atom. The zero-order valence-electron chi connectivity index (χ0n) is 6.59. The number of urea groups is 1. The summed E-state index contributed by atoms with van der Waals surface area (Å²) >= 11 is 0. The molecule has 0 saturated carbocycles. The van der Waals surface area contributed by atoms with Crippen LogP contribution in [0.3, 0.4) is 0 Å². The number of amides is 2. The van der Waals surface area contributed by atoms with Crippen LogP contribution in [0.25, 0.3) is 0 Å². The lowest BCUT2D eigenvalue weighted by atomic mass is 10.2. The van der Waals surface area contributed by atoms with Crippen LogP contribution >= 0.6 is 0 Å². The van der Waals surface area contributed by atoms with E-state index in [-0.39, 0.29) is 0 Å². The molecule has 9 heteroatoms. The molecule has 0 aliphatic carbocycles. The number of halogens is 3. The molecule has 6 nitrogen and oxygen atoms in total. The number of alkyl halides is 3. The van der Waals surface area contributed by atoms with Crippen molar-refractivity contribution in [2.45, 2.75) is 12.6 Å². The average Bonchev–Trinajstić information content (AvgIpc) is 1.94. The van der Waals surface area contributed by atoms with Gasteiger partial charge in [0.25, 0.3) is 0 Å². The molecular formula is C5H5F3N3O3-. The summed E-state index contributed by atoms with van der Waals surface area (Å²) in [6.07, 6.45) is -6.41. The number of primary amides is 1. The number of nitrogens with zero attached hydrogens (tertiary/aromatic N) is 1. The summed E-state index contributed by atoms with van der Waals surface area (Å²) in [7, 11) is 0. The van der Waals surface area contributed by atoms with Crippen molar-refractivity contribution in [1.82, 2.24) is 5.43 Å². The summed E-state index contributed by atoms with van der Waals surface area (Å²) < 4.78 is 35.8. The molecule has 0 aliphatic heterocycles.